The van der Waals surface area contributed by atoms with Crippen molar-refractivity contribution in [3.63, 3.8) is 0 Å². The van der Waals surface area contributed by atoms with Gasteiger partial charge in [0.1, 0.15) is 6.54 Å². The maximum Gasteiger partial charge on any atom is 0.246 e. The Kier molecular flexibility index (Phi) is 6.33. The largest absolute Gasteiger partial charge is 0.355 e. The lowest BCUT2D eigenvalue weighted by atomic mass is 10.2. The van der Waals surface area contributed by atoms with E-state index in [-0.39, 0.29) is 5.91 Å². The zero-order chi connectivity index (χ0) is 19.4. The number of guanidine groups is 1. The molecule has 0 aliphatic carbocycles. The van der Waals surface area contributed by atoms with Gasteiger partial charge in [0.2, 0.25) is 5.91 Å². The van der Waals surface area contributed by atoms with Crippen LogP contribution in [0, 0.1) is 0 Å². The van der Waals surface area contributed by atoms with E-state index in [1.807, 2.05) is 18.1 Å². The fourth-order valence-electron chi connectivity index (χ4n) is 3.64. The summed E-state index contributed by atoms with van der Waals surface area (Å²) in [5.41, 5.74) is 0.855. The predicted molar refractivity (Wildman–Crippen MR) is 107 cm³/mol. The second kappa shape index (κ2) is 8.71. The number of hydrogen-bond acceptors (Lipinski definition) is 5. The summed E-state index contributed by atoms with van der Waals surface area (Å²) in [6.07, 6.45) is 3.61. The maximum atomic E-state index is 12.6. The summed E-state index contributed by atoms with van der Waals surface area (Å²) in [7, 11) is 5.81. The summed E-state index contributed by atoms with van der Waals surface area (Å²) < 4.78 is 1.72. The molecule has 0 aromatic carbocycles. The second-order valence-corrected chi connectivity index (χ2v) is 7.46. The summed E-state index contributed by atoms with van der Waals surface area (Å²) in [5, 5.41) is 7.62. The van der Waals surface area contributed by atoms with Gasteiger partial charge in [0, 0.05) is 72.1 Å². The molecule has 2 saturated heterocycles. The first-order valence-electron chi connectivity index (χ1n) is 9.65. The number of nitrogens with one attached hydrogen (secondary N) is 1. The van der Waals surface area contributed by atoms with Gasteiger partial charge >= 0.3 is 0 Å². The Hall–Kier alpha value is -2.13. The van der Waals surface area contributed by atoms with Gasteiger partial charge < -0.3 is 20.0 Å². The van der Waals surface area contributed by atoms with Gasteiger partial charge in [0.15, 0.2) is 5.96 Å². The molecular weight excluding hydrogens is 344 g/mol. The van der Waals surface area contributed by atoms with E-state index in [1.165, 1.54) is 0 Å². The molecule has 9 nitrogen and oxygen atoms in total. The lowest BCUT2D eigenvalue weighted by Crippen LogP contribution is -2.57. The van der Waals surface area contributed by atoms with Crippen molar-refractivity contribution < 1.29 is 4.79 Å². The van der Waals surface area contributed by atoms with Crippen molar-refractivity contribution in [2.24, 2.45) is 12.0 Å². The fraction of sp³-hybridized carbons (Fsp3) is 0.722. The van der Waals surface area contributed by atoms with Gasteiger partial charge in [-0.3, -0.25) is 19.4 Å². The van der Waals surface area contributed by atoms with E-state index in [2.05, 4.69) is 39.2 Å². The van der Waals surface area contributed by atoms with E-state index in [4.69, 9.17) is 0 Å². The minimum atomic E-state index is 0.0734. The van der Waals surface area contributed by atoms with Crippen LogP contribution < -0.4 is 10.2 Å². The van der Waals surface area contributed by atoms with Crippen molar-refractivity contribution in [2.75, 3.05) is 71.4 Å². The van der Waals surface area contributed by atoms with E-state index < -0.39 is 0 Å². The number of anilines is 1. The molecule has 27 heavy (non-hydrogen) atoms. The average Bonchev–Trinajstić information content (AvgIpc) is 3.09. The van der Waals surface area contributed by atoms with Gasteiger partial charge in [0.05, 0.1) is 11.9 Å². The van der Waals surface area contributed by atoms with Gasteiger partial charge in [-0.05, 0) is 14.0 Å². The Morgan fingerprint density at radius 1 is 1.22 bits per heavy atom. The van der Waals surface area contributed by atoms with E-state index in [0.29, 0.717) is 19.1 Å². The SMILES string of the molecule is CN=C(NCC(C)N1CCN(C)CC1)N1CCN(c2cnn(C)c2)C(=O)C1. The summed E-state index contributed by atoms with van der Waals surface area (Å²) >= 11 is 0. The minimum Gasteiger partial charge on any atom is -0.355 e. The number of piperazine rings is 2. The van der Waals surface area contributed by atoms with Crippen LogP contribution in [0.3, 0.4) is 0 Å². The van der Waals surface area contributed by atoms with E-state index in [1.54, 1.807) is 22.8 Å². The van der Waals surface area contributed by atoms with Crippen LogP contribution in [0.1, 0.15) is 6.92 Å². The normalized spacial score (nSPS) is 21.6. The molecule has 1 atom stereocenters. The number of amides is 1. The number of nitrogens with zero attached hydrogens (tertiary/aromatic N) is 7. The fourth-order valence-corrected chi connectivity index (χ4v) is 3.64. The first-order valence-corrected chi connectivity index (χ1v) is 9.65. The number of carbonyl (C=O) groups is 1. The average molecular weight is 377 g/mol. The molecule has 1 N–H and O–H groups in total. The topological polar surface area (TPSA) is 72.2 Å². The predicted octanol–water partition coefficient (Wildman–Crippen LogP) is -0.720. The molecule has 0 radical (unpaired) electrons. The van der Waals surface area contributed by atoms with Crippen molar-refractivity contribution in [3.05, 3.63) is 12.4 Å². The van der Waals surface area contributed by atoms with Gasteiger partial charge in [0.25, 0.3) is 0 Å². The lowest BCUT2D eigenvalue weighted by Gasteiger charge is -2.38. The van der Waals surface area contributed by atoms with Crippen LogP contribution in [0.5, 0.6) is 0 Å². The van der Waals surface area contributed by atoms with Crippen molar-refractivity contribution in [1.82, 2.24) is 29.8 Å². The highest BCUT2D eigenvalue weighted by molar-refractivity contribution is 5.98. The maximum absolute atomic E-state index is 12.6. The molecule has 1 amide bonds. The van der Waals surface area contributed by atoms with Crippen LogP contribution in [0.25, 0.3) is 0 Å². The number of hydrogen-bond donors (Lipinski definition) is 1. The van der Waals surface area contributed by atoms with Crippen LogP contribution in [-0.4, -0.2) is 109 Å². The minimum absolute atomic E-state index is 0.0734. The molecule has 3 heterocycles. The van der Waals surface area contributed by atoms with Crippen molar-refractivity contribution in [2.45, 2.75) is 13.0 Å². The molecule has 3 rings (SSSR count). The number of aryl methyl sites for hydroxylation is 1. The van der Waals surface area contributed by atoms with E-state index in [9.17, 15) is 4.79 Å². The smallest absolute Gasteiger partial charge is 0.246 e. The second-order valence-electron chi connectivity index (χ2n) is 7.46. The van der Waals surface area contributed by atoms with Crippen LogP contribution in [0.15, 0.2) is 17.4 Å². The van der Waals surface area contributed by atoms with Crippen LogP contribution in [0.2, 0.25) is 0 Å². The van der Waals surface area contributed by atoms with Crippen molar-refractivity contribution in [1.29, 1.82) is 0 Å². The molecule has 2 fully saturated rings. The number of aromatic nitrogens is 2. The molecular formula is C18H32N8O. The molecule has 1 aromatic heterocycles. The molecule has 150 valence electrons. The highest BCUT2D eigenvalue weighted by Gasteiger charge is 2.28. The first-order chi connectivity index (χ1) is 13.0. The lowest BCUT2D eigenvalue weighted by molar-refractivity contribution is -0.120. The molecule has 9 heteroatoms. The zero-order valence-electron chi connectivity index (χ0n) is 16.9. The van der Waals surface area contributed by atoms with Gasteiger partial charge in [-0.25, -0.2) is 0 Å². The van der Waals surface area contributed by atoms with Crippen LogP contribution in [-0.2, 0) is 11.8 Å². The highest BCUT2D eigenvalue weighted by Crippen LogP contribution is 2.16. The monoisotopic (exact) mass is 376 g/mol. The molecule has 0 bridgehead atoms. The number of likely N-dealkylation sites (N-methyl/N-ethyl adjacent to an activating group) is 1. The van der Waals surface area contributed by atoms with Crippen molar-refractivity contribution >= 4 is 17.6 Å². The van der Waals surface area contributed by atoms with E-state index in [0.717, 1.165) is 50.9 Å². The van der Waals surface area contributed by atoms with Gasteiger partial charge in [-0.15, -0.1) is 0 Å². The Balaban J connectivity index is 1.50. The quantitative estimate of drug-likeness (QED) is 0.552. The standard InChI is InChI=1S/C18H32N8O/c1-15(24-7-5-22(3)6-8-24)11-20-18(19-2)25-9-10-26(17(27)14-25)16-12-21-23(4)13-16/h12-13,15H,5-11,14H2,1-4H3,(H,19,20). The molecule has 2 aliphatic rings. The summed E-state index contributed by atoms with van der Waals surface area (Å²) in [4.78, 5) is 25.7. The van der Waals surface area contributed by atoms with Gasteiger partial charge in [-0.1, -0.05) is 0 Å². The third-order valence-corrected chi connectivity index (χ3v) is 5.45. The van der Waals surface area contributed by atoms with Crippen LogP contribution >= 0.6 is 0 Å². The summed E-state index contributed by atoms with van der Waals surface area (Å²) in [6.45, 7) is 9.22. The van der Waals surface area contributed by atoms with Gasteiger partial charge in [-0.2, -0.15) is 5.10 Å². The highest BCUT2D eigenvalue weighted by atomic mass is 16.2. The third-order valence-electron chi connectivity index (χ3n) is 5.45. The molecule has 1 aromatic rings. The first kappa shape index (κ1) is 19.6. The van der Waals surface area contributed by atoms with Crippen molar-refractivity contribution in [3.8, 4) is 0 Å². The zero-order valence-corrected chi connectivity index (χ0v) is 16.9. The Morgan fingerprint density at radius 3 is 2.56 bits per heavy atom. The third kappa shape index (κ3) is 4.78. The number of carbonyl (C=O) groups excluding carboxylic acids is 1. The summed E-state index contributed by atoms with van der Waals surface area (Å²) in [6, 6.07) is 0.433. The Bertz CT molecular complexity index is 664. The molecule has 0 spiro atoms. The molecule has 0 saturated carbocycles. The Labute approximate surface area is 161 Å². The number of rotatable bonds is 4. The number of aliphatic imine (C=N–C) groups is 1. The van der Waals surface area contributed by atoms with E-state index >= 15 is 0 Å². The molecule has 2 aliphatic heterocycles. The summed E-state index contributed by atoms with van der Waals surface area (Å²) in [5.74, 6) is 0.875. The Morgan fingerprint density at radius 2 is 1.96 bits per heavy atom. The molecule has 1 unspecified atom stereocenters. The van der Waals surface area contributed by atoms with Crippen LogP contribution in [0.4, 0.5) is 5.69 Å².